The number of benzene rings is 1. The fourth-order valence-electron chi connectivity index (χ4n) is 1.67. The Morgan fingerprint density at radius 3 is 2.18 bits per heavy atom. The molecule has 2 aromatic rings. The topological polar surface area (TPSA) is 135 Å². The summed E-state index contributed by atoms with van der Waals surface area (Å²) < 4.78 is 28.3. The van der Waals surface area contributed by atoms with E-state index >= 15 is 0 Å². The summed E-state index contributed by atoms with van der Waals surface area (Å²) in [6.45, 7) is 1.35. The molecule has 0 aliphatic rings. The van der Waals surface area contributed by atoms with Gasteiger partial charge in [0.25, 0.3) is 0 Å². The molecule has 13 heteroatoms. The first kappa shape index (κ1) is 24.5. The normalized spacial score (nSPS) is 12.2. The second kappa shape index (κ2) is 10.8. The fourth-order valence-corrected chi connectivity index (χ4v) is 3.54. The second-order valence-corrected chi connectivity index (χ2v) is 9.70. The minimum atomic E-state index is -4.76. The molecule has 0 saturated carbocycles. The van der Waals surface area contributed by atoms with Crippen molar-refractivity contribution in [1.29, 1.82) is 0 Å². The van der Waals surface area contributed by atoms with Gasteiger partial charge in [-0.2, -0.15) is 0 Å². The number of nitrogens with zero attached hydrogens (tertiary/aromatic N) is 1. The summed E-state index contributed by atoms with van der Waals surface area (Å²) in [6, 6.07) is 6.84. The predicted octanol–water partition coefficient (Wildman–Crippen LogP) is 2.53. The number of carbonyl (C=O) groups is 2. The Kier molecular flexibility index (Phi) is 9.45. The van der Waals surface area contributed by atoms with E-state index < -0.39 is 20.1 Å². The Hall–Kier alpha value is -1.58. The van der Waals surface area contributed by atoms with Crippen LogP contribution < -0.4 is 9.67 Å². The van der Waals surface area contributed by atoms with Crippen molar-refractivity contribution < 1.29 is 31.3 Å². The Balaban J connectivity index is 0.000000283. The van der Waals surface area contributed by atoms with Crippen LogP contribution in [0.15, 0.2) is 30.3 Å². The van der Waals surface area contributed by atoms with E-state index in [2.05, 4.69) is 18.9 Å². The number of methoxy groups -OCH3 is 1. The van der Waals surface area contributed by atoms with Crippen LogP contribution in [0.3, 0.4) is 0 Å². The van der Waals surface area contributed by atoms with Crippen LogP contribution in [-0.4, -0.2) is 47.5 Å². The molecule has 2 rings (SSSR count). The minimum absolute atomic E-state index is 0.00438. The Morgan fingerprint density at radius 2 is 1.71 bits per heavy atom. The van der Waals surface area contributed by atoms with Gasteiger partial charge in [-0.3, -0.25) is 0 Å². The number of rotatable bonds is 4. The molecule has 1 atom stereocenters. The third-order valence-electron chi connectivity index (χ3n) is 2.89. The third kappa shape index (κ3) is 7.10. The molecule has 0 aliphatic carbocycles. The van der Waals surface area contributed by atoms with E-state index in [4.69, 9.17) is 44.2 Å². The largest absolute Gasteiger partial charge is 0.464 e. The van der Waals surface area contributed by atoms with Gasteiger partial charge in [0.1, 0.15) is 5.15 Å². The van der Waals surface area contributed by atoms with Gasteiger partial charge in [0.05, 0.1) is 17.2 Å². The number of anilines is 1. The molecule has 9 nitrogen and oxygen atoms in total. The van der Waals surface area contributed by atoms with Gasteiger partial charge in [-0.15, -0.1) is 0 Å². The second-order valence-electron chi connectivity index (χ2n) is 4.91. The molecule has 1 unspecified atom stereocenters. The number of pyridine rings is 1. The van der Waals surface area contributed by atoms with Crippen molar-refractivity contribution >= 4 is 70.9 Å². The van der Waals surface area contributed by atoms with Crippen LogP contribution in [-0.2, 0) is 17.1 Å². The molecular weight excluding hydrogens is 501 g/mol. The average molecular weight is 516 g/mol. The van der Waals surface area contributed by atoms with Gasteiger partial charge in [0, 0.05) is 0 Å². The zero-order valence-electron chi connectivity index (χ0n) is 14.4. The maximum absolute atomic E-state index is 11.2. The number of hydrogen-bond donors (Lipinski definition) is 3. The number of hydrogen-bond acceptors (Lipinski definition) is 7. The molecule has 0 fully saturated rings. The summed E-state index contributed by atoms with van der Waals surface area (Å²) in [5.74, 6) is -0.887. The molecule has 0 spiro atoms. The Morgan fingerprint density at radius 1 is 1.14 bits per heavy atom. The van der Waals surface area contributed by atoms with Crippen LogP contribution in [0.4, 0.5) is 5.69 Å². The number of amides is 1. The SMILES string of the molecule is CC(=O)Nc1ccc([As](=O)(O)OO)cc1.COC(=O)c1nc(Cl)c(Cl)cc1Cl. The Labute approximate surface area is 177 Å². The standard InChI is InChI=1S/C8H10AsNO5.C7H4Cl3NO2/c1-6(11)10-8-4-2-7(3-5-8)9(12,13)15-14;1-13-7(12)5-3(8)2-4(9)6(10)11-5/h2-5,14H,1H3,(H,10,11)(H,12,13);2H,1H3. The molecule has 3 N–H and O–H groups in total. The molecule has 0 bridgehead atoms. The summed E-state index contributed by atoms with van der Waals surface area (Å²) in [5.41, 5.74) is 0.457. The van der Waals surface area contributed by atoms with Crippen molar-refractivity contribution in [3.05, 3.63) is 51.2 Å². The predicted molar refractivity (Wildman–Crippen MR) is 103 cm³/mol. The number of nitrogens with one attached hydrogen (secondary N) is 1. The van der Waals surface area contributed by atoms with E-state index in [1.165, 1.54) is 44.4 Å². The molecule has 1 aromatic carbocycles. The molecule has 1 heterocycles. The third-order valence-corrected chi connectivity index (χ3v) is 6.31. The number of halogens is 3. The Bertz CT molecular complexity index is 909. The van der Waals surface area contributed by atoms with E-state index in [1.807, 2.05) is 0 Å². The first-order chi connectivity index (χ1) is 13.0. The van der Waals surface area contributed by atoms with Crippen LogP contribution in [0.5, 0.6) is 0 Å². The summed E-state index contributed by atoms with van der Waals surface area (Å²) in [5, 5.41) is 11.0. The summed E-state index contributed by atoms with van der Waals surface area (Å²) in [4.78, 5) is 25.4. The van der Waals surface area contributed by atoms with Crippen LogP contribution in [0.1, 0.15) is 17.4 Å². The van der Waals surface area contributed by atoms with E-state index in [0.717, 1.165) is 0 Å². The van der Waals surface area contributed by atoms with Crippen molar-refractivity contribution in [2.45, 2.75) is 6.92 Å². The van der Waals surface area contributed by atoms with Crippen molar-refractivity contribution in [3.63, 3.8) is 0 Å². The van der Waals surface area contributed by atoms with Gasteiger partial charge in [0.2, 0.25) is 0 Å². The molecule has 0 radical (unpaired) electrons. The van der Waals surface area contributed by atoms with Gasteiger partial charge in [-0.1, -0.05) is 34.8 Å². The molecule has 0 saturated heterocycles. The van der Waals surface area contributed by atoms with Gasteiger partial charge in [-0.05, 0) is 6.07 Å². The smallest absolute Gasteiger partial charge is 0.358 e. The quantitative estimate of drug-likeness (QED) is 0.186. The molecule has 152 valence electrons. The molecule has 28 heavy (non-hydrogen) atoms. The van der Waals surface area contributed by atoms with E-state index in [-0.39, 0.29) is 31.2 Å². The maximum Gasteiger partial charge on any atom is 0.358 e. The van der Waals surface area contributed by atoms with Crippen LogP contribution in [0.25, 0.3) is 0 Å². The number of aromatic nitrogens is 1. The molecular formula is C15H14AsCl3N2O7. The number of esters is 1. The van der Waals surface area contributed by atoms with Crippen molar-refractivity contribution in [1.82, 2.24) is 4.98 Å². The maximum atomic E-state index is 11.2. The van der Waals surface area contributed by atoms with Crippen LogP contribution >= 0.6 is 34.8 Å². The fraction of sp³-hybridized carbons (Fsp3) is 0.133. The molecule has 1 aromatic heterocycles. The van der Waals surface area contributed by atoms with Gasteiger partial charge < -0.3 is 4.74 Å². The number of carbonyl (C=O) groups excluding carboxylic acids is 2. The zero-order chi connectivity index (χ0) is 21.5. The first-order valence-corrected chi connectivity index (χ1v) is 11.6. The van der Waals surface area contributed by atoms with Crippen LogP contribution in [0, 0.1) is 0 Å². The summed E-state index contributed by atoms with van der Waals surface area (Å²) >= 11 is 12.1. The van der Waals surface area contributed by atoms with Gasteiger partial charge in [-0.25, -0.2) is 9.78 Å². The minimum Gasteiger partial charge on any atom is -0.464 e. The number of ether oxygens (including phenoxy) is 1. The van der Waals surface area contributed by atoms with Gasteiger partial charge >= 0.3 is 94.4 Å². The van der Waals surface area contributed by atoms with E-state index in [9.17, 15) is 13.3 Å². The zero-order valence-corrected chi connectivity index (χ0v) is 18.5. The van der Waals surface area contributed by atoms with Crippen molar-refractivity contribution in [3.8, 4) is 0 Å². The van der Waals surface area contributed by atoms with E-state index in [1.54, 1.807) is 0 Å². The average Bonchev–Trinajstić information content (AvgIpc) is 2.64. The van der Waals surface area contributed by atoms with Gasteiger partial charge in [0.15, 0.2) is 5.69 Å². The van der Waals surface area contributed by atoms with Crippen molar-refractivity contribution in [2.75, 3.05) is 12.4 Å². The summed E-state index contributed by atoms with van der Waals surface area (Å²) in [6.07, 6.45) is 0. The van der Waals surface area contributed by atoms with Crippen LogP contribution in [0.2, 0.25) is 15.2 Å². The first-order valence-electron chi connectivity index (χ1n) is 7.15. The summed E-state index contributed by atoms with van der Waals surface area (Å²) in [7, 11) is 1.23. The monoisotopic (exact) mass is 514 g/mol. The molecule has 0 aliphatic heterocycles. The van der Waals surface area contributed by atoms with Crippen molar-refractivity contribution in [2.24, 2.45) is 0 Å². The van der Waals surface area contributed by atoms with E-state index in [0.29, 0.717) is 5.69 Å². The molecule has 1 amide bonds.